The van der Waals surface area contributed by atoms with Crippen LogP contribution in [0.1, 0.15) is 18.1 Å². The molecule has 34 heavy (non-hydrogen) atoms. The molecule has 0 aromatic heterocycles. The predicted octanol–water partition coefficient (Wildman–Crippen LogP) is 5.26. The van der Waals surface area contributed by atoms with E-state index in [-0.39, 0.29) is 5.91 Å². The van der Waals surface area contributed by atoms with Crippen molar-refractivity contribution in [2.24, 2.45) is 0 Å². The number of para-hydroxylation sites is 1. The van der Waals surface area contributed by atoms with Gasteiger partial charge in [-0.2, -0.15) is 0 Å². The summed E-state index contributed by atoms with van der Waals surface area (Å²) in [6, 6.07) is 13.5. The molecule has 0 unspecified atom stereocenters. The minimum atomic E-state index is -0.114. The highest BCUT2D eigenvalue weighted by atomic mass is 32.2. The molecule has 1 aliphatic rings. The first-order chi connectivity index (χ1) is 16.5. The SMILES string of the molecule is C=CCN1C(=O)/C(=C\c2ccc(OCCOCCOc3ccccc3C)c(OCC)c2)SC1=S. The van der Waals surface area contributed by atoms with Crippen LogP contribution >= 0.6 is 24.0 Å². The van der Waals surface area contributed by atoms with Crippen LogP contribution in [0.15, 0.2) is 60.0 Å². The van der Waals surface area contributed by atoms with Gasteiger partial charge in [-0.05, 0) is 49.2 Å². The van der Waals surface area contributed by atoms with Crippen LogP contribution in [0.2, 0.25) is 0 Å². The van der Waals surface area contributed by atoms with Gasteiger partial charge in [-0.1, -0.05) is 54.3 Å². The zero-order chi connectivity index (χ0) is 24.3. The molecule has 1 fully saturated rings. The second-order valence-electron chi connectivity index (χ2n) is 7.29. The van der Waals surface area contributed by atoms with Gasteiger partial charge in [0.25, 0.3) is 5.91 Å². The Hall–Kier alpha value is -2.81. The molecule has 2 aromatic rings. The van der Waals surface area contributed by atoms with Crippen molar-refractivity contribution in [2.75, 3.05) is 39.6 Å². The Kier molecular flexibility index (Phi) is 10.00. The number of hydrogen-bond acceptors (Lipinski definition) is 7. The van der Waals surface area contributed by atoms with Gasteiger partial charge in [0.05, 0.1) is 24.7 Å². The molecule has 180 valence electrons. The summed E-state index contributed by atoms with van der Waals surface area (Å²) in [5.74, 6) is 1.99. The maximum absolute atomic E-state index is 12.6. The van der Waals surface area contributed by atoms with Gasteiger partial charge in [0.2, 0.25) is 0 Å². The largest absolute Gasteiger partial charge is 0.491 e. The number of ether oxygens (including phenoxy) is 4. The fourth-order valence-corrected chi connectivity index (χ4v) is 4.46. The van der Waals surface area contributed by atoms with Crippen LogP contribution in [-0.2, 0) is 9.53 Å². The molecular formula is C26H29NO5S2. The fourth-order valence-electron chi connectivity index (χ4n) is 3.18. The van der Waals surface area contributed by atoms with Gasteiger partial charge in [0.15, 0.2) is 11.5 Å². The molecule has 8 heteroatoms. The Bertz CT molecular complexity index is 1050. The molecule has 0 atom stereocenters. The molecule has 1 amide bonds. The van der Waals surface area contributed by atoms with E-state index in [1.165, 1.54) is 16.7 Å². The molecule has 0 radical (unpaired) electrons. The molecule has 1 heterocycles. The second-order valence-corrected chi connectivity index (χ2v) is 8.97. The van der Waals surface area contributed by atoms with Crippen molar-refractivity contribution in [3.8, 4) is 17.2 Å². The minimum Gasteiger partial charge on any atom is -0.491 e. The third kappa shape index (κ3) is 7.09. The van der Waals surface area contributed by atoms with Gasteiger partial charge >= 0.3 is 0 Å². The second kappa shape index (κ2) is 13.2. The number of nitrogens with zero attached hydrogens (tertiary/aromatic N) is 1. The van der Waals surface area contributed by atoms with Crippen LogP contribution < -0.4 is 14.2 Å². The van der Waals surface area contributed by atoms with Crippen LogP contribution in [-0.4, -0.2) is 54.7 Å². The normalized spacial score (nSPS) is 14.5. The molecule has 0 aliphatic carbocycles. The van der Waals surface area contributed by atoms with Gasteiger partial charge in [0, 0.05) is 6.54 Å². The van der Waals surface area contributed by atoms with Crippen molar-refractivity contribution < 1.29 is 23.7 Å². The lowest BCUT2D eigenvalue weighted by atomic mass is 10.2. The van der Waals surface area contributed by atoms with Crippen LogP contribution in [0.25, 0.3) is 6.08 Å². The smallest absolute Gasteiger partial charge is 0.266 e. The zero-order valence-electron chi connectivity index (χ0n) is 19.5. The molecule has 1 saturated heterocycles. The van der Waals surface area contributed by atoms with E-state index < -0.39 is 0 Å². The summed E-state index contributed by atoms with van der Waals surface area (Å²) in [5.41, 5.74) is 1.93. The van der Waals surface area contributed by atoms with E-state index in [4.69, 9.17) is 31.2 Å². The molecular weight excluding hydrogens is 470 g/mol. The minimum absolute atomic E-state index is 0.114. The topological polar surface area (TPSA) is 57.2 Å². The van der Waals surface area contributed by atoms with Gasteiger partial charge in [-0.15, -0.1) is 6.58 Å². The number of thioether (sulfide) groups is 1. The quantitative estimate of drug-likeness (QED) is 0.161. The van der Waals surface area contributed by atoms with Crippen molar-refractivity contribution in [3.63, 3.8) is 0 Å². The summed E-state index contributed by atoms with van der Waals surface area (Å²) in [7, 11) is 0. The number of benzene rings is 2. The maximum atomic E-state index is 12.6. The summed E-state index contributed by atoms with van der Waals surface area (Å²) in [4.78, 5) is 14.7. The number of rotatable bonds is 13. The molecule has 1 aliphatic heterocycles. The number of thiocarbonyl (C=S) groups is 1. The molecule has 0 N–H and O–H groups in total. The zero-order valence-corrected chi connectivity index (χ0v) is 21.1. The van der Waals surface area contributed by atoms with Crippen LogP contribution in [0.5, 0.6) is 17.2 Å². The van der Waals surface area contributed by atoms with E-state index in [2.05, 4.69) is 6.58 Å². The lowest BCUT2D eigenvalue weighted by Crippen LogP contribution is -2.27. The van der Waals surface area contributed by atoms with Crippen LogP contribution in [0.4, 0.5) is 0 Å². The summed E-state index contributed by atoms with van der Waals surface area (Å²) < 4.78 is 23.5. The summed E-state index contributed by atoms with van der Waals surface area (Å²) >= 11 is 6.58. The number of carbonyl (C=O) groups is 1. The summed E-state index contributed by atoms with van der Waals surface area (Å²) in [5, 5.41) is 0. The Morgan fingerprint density at radius 1 is 1.00 bits per heavy atom. The molecule has 2 aromatic carbocycles. The van der Waals surface area contributed by atoms with E-state index in [1.54, 1.807) is 6.08 Å². The van der Waals surface area contributed by atoms with E-state index in [1.807, 2.05) is 62.4 Å². The van der Waals surface area contributed by atoms with Crippen molar-refractivity contribution in [3.05, 3.63) is 71.2 Å². The van der Waals surface area contributed by atoms with Gasteiger partial charge < -0.3 is 18.9 Å². The van der Waals surface area contributed by atoms with Gasteiger partial charge in [-0.25, -0.2) is 0 Å². The van der Waals surface area contributed by atoms with Crippen molar-refractivity contribution in [1.82, 2.24) is 4.90 Å². The third-order valence-corrected chi connectivity index (χ3v) is 6.19. The van der Waals surface area contributed by atoms with Gasteiger partial charge in [-0.3, -0.25) is 9.69 Å². The number of hydrogen-bond donors (Lipinski definition) is 0. The number of aryl methyl sites for hydroxylation is 1. The third-order valence-electron chi connectivity index (χ3n) is 4.81. The van der Waals surface area contributed by atoms with E-state index in [9.17, 15) is 4.79 Å². The lowest BCUT2D eigenvalue weighted by molar-refractivity contribution is -0.121. The first-order valence-electron chi connectivity index (χ1n) is 11.1. The summed E-state index contributed by atoms with van der Waals surface area (Å²) in [6.45, 7) is 10.2. The average molecular weight is 500 g/mol. The van der Waals surface area contributed by atoms with E-state index in [0.717, 1.165) is 16.9 Å². The standard InChI is InChI=1S/C26H29NO5S2/c1-4-12-27-25(28)24(34-26(27)33)18-20-10-11-22(23(17-20)30-5-2)32-16-14-29-13-15-31-21-9-7-6-8-19(21)3/h4,6-11,17-18H,1,5,12-16H2,2-3H3/b24-18+. The van der Waals surface area contributed by atoms with Crippen molar-refractivity contribution in [2.45, 2.75) is 13.8 Å². The van der Waals surface area contributed by atoms with Crippen molar-refractivity contribution >= 4 is 40.3 Å². The molecule has 6 nitrogen and oxygen atoms in total. The summed E-state index contributed by atoms with van der Waals surface area (Å²) in [6.07, 6.45) is 3.47. The lowest BCUT2D eigenvalue weighted by Gasteiger charge is -2.13. The Labute approximate surface area is 210 Å². The highest BCUT2D eigenvalue weighted by Gasteiger charge is 2.31. The average Bonchev–Trinajstić information content (AvgIpc) is 3.08. The number of amides is 1. The Morgan fingerprint density at radius 3 is 2.44 bits per heavy atom. The highest BCUT2D eigenvalue weighted by molar-refractivity contribution is 8.26. The van der Waals surface area contributed by atoms with Crippen LogP contribution in [0.3, 0.4) is 0 Å². The fraction of sp³-hybridized carbons (Fsp3) is 0.308. The Morgan fingerprint density at radius 2 is 1.74 bits per heavy atom. The first kappa shape index (κ1) is 25.8. The van der Waals surface area contributed by atoms with E-state index >= 15 is 0 Å². The molecule has 0 saturated carbocycles. The van der Waals surface area contributed by atoms with Gasteiger partial charge in [0.1, 0.15) is 23.3 Å². The highest BCUT2D eigenvalue weighted by Crippen LogP contribution is 2.34. The first-order valence-corrected chi connectivity index (χ1v) is 12.3. The molecule has 0 bridgehead atoms. The Balaban J connectivity index is 1.50. The van der Waals surface area contributed by atoms with Crippen LogP contribution in [0, 0.1) is 6.92 Å². The predicted molar refractivity (Wildman–Crippen MR) is 141 cm³/mol. The van der Waals surface area contributed by atoms with Crippen molar-refractivity contribution in [1.29, 1.82) is 0 Å². The monoisotopic (exact) mass is 499 g/mol. The molecule has 0 spiro atoms. The van der Waals surface area contributed by atoms with E-state index in [0.29, 0.717) is 60.3 Å². The maximum Gasteiger partial charge on any atom is 0.266 e. The number of carbonyl (C=O) groups excluding carboxylic acids is 1. The molecule has 3 rings (SSSR count).